The van der Waals surface area contributed by atoms with Gasteiger partial charge in [0.25, 0.3) is 5.91 Å². The molecule has 2 aromatic carbocycles. The van der Waals surface area contributed by atoms with E-state index >= 15 is 0 Å². The fraction of sp³-hybridized carbons (Fsp3) is 0.333. The summed E-state index contributed by atoms with van der Waals surface area (Å²) in [6, 6.07) is 19.4. The van der Waals surface area contributed by atoms with Gasteiger partial charge in [-0.2, -0.15) is 0 Å². The van der Waals surface area contributed by atoms with Crippen molar-refractivity contribution in [1.29, 1.82) is 0 Å². The summed E-state index contributed by atoms with van der Waals surface area (Å²) in [4.78, 5) is 15.3. The average Bonchev–Trinajstić information content (AvgIpc) is 3.27. The first-order valence-corrected chi connectivity index (χ1v) is 10.2. The van der Waals surface area contributed by atoms with E-state index in [2.05, 4.69) is 5.16 Å². The second kappa shape index (κ2) is 8.95. The van der Waals surface area contributed by atoms with Crippen LogP contribution in [0, 0.1) is 0 Å². The van der Waals surface area contributed by atoms with E-state index in [0.717, 1.165) is 48.5 Å². The van der Waals surface area contributed by atoms with Crippen molar-refractivity contribution >= 4 is 5.91 Å². The zero-order chi connectivity index (χ0) is 20.1. The first-order chi connectivity index (χ1) is 14.2. The van der Waals surface area contributed by atoms with Gasteiger partial charge in [-0.25, -0.2) is 0 Å². The van der Waals surface area contributed by atoms with Crippen LogP contribution in [0.2, 0.25) is 0 Å². The third-order valence-corrected chi connectivity index (χ3v) is 5.56. The number of methoxy groups -OCH3 is 1. The van der Waals surface area contributed by atoms with Crippen molar-refractivity contribution < 1.29 is 14.1 Å². The molecule has 0 spiro atoms. The summed E-state index contributed by atoms with van der Waals surface area (Å²) in [5.41, 5.74) is 2.43. The summed E-state index contributed by atoms with van der Waals surface area (Å²) in [6.45, 7) is 0.450. The van der Waals surface area contributed by atoms with Gasteiger partial charge in [0.1, 0.15) is 11.4 Å². The van der Waals surface area contributed by atoms with Gasteiger partial charge in [0.05, 0.1) is 13.7 Å². The number of carbonyl (C=O) groups is 1. The molecule has 1 amide bonds. The lowest BCUT2D eigenvalue weighted by Crippen LogP contribution is -2.41. The molecule has 150 valence electrons. The van der Waals surface area contributed by atoms with Crippen LogP contribution in [0.25, 0.3) is 11.3 Å². The van der Waals surface area contributed by atoms with Crippen molar-refractivity contribution in [3.05, 3.63) is 71.9 Å². The van der Waals surface area contributed by atoms with Crippen LogP contribution in [0.15, 0.2) is 65.2 Å². The highest BCUT2D eigenvalue weighted by Crippen LogP contribution is 2.27. The van der Waals surface area contributed by atoms with Crippen molar-refractivity contribution in [2.45, 2.75) is 44.7 Å². The molecule has 0 unspecified atom stereocenters. The Bertz CT molecular complexity index is 928. The van der Waals surface area contributed by atoms with E-state index in [1.165, 1.54) is 6.42 Å². The van der Waals surface area contributed by atoms with Crippen molar-refractivity contribution in [3.8, 4) is 17.1 Å². The molecule has 1 aliphatic carbocycles. The molecule has 1 aromatic heterocycles. The van der Waals surface area contributed by atoms with E-state index in [1.807, 2.05) is 65.6 Å². The molecule has 1 saturated carbocycles. The third kappa shape index (κ3) is 4.50. The summed E-state index contributed by atoms with van der Waals surface area (Å²) in [5, 5.41) is 4.24. The number of carbonyl (C=O) groups excluding carboxylic acids is 1. The number of nitrogens with zero attached hydrogens (tertiary/aromatic N) is 2. The van der Waals surface area contributed by atoms with Gasteiger partial charge in [0.2, 0.25) is 0 Å². The Morgan fingerprint density at radius 2 is 1.79 bits per heavy atom. The molecule has 1 heterocycles. The van der Waals surface area contributed by atoms with Crippen molar-refractivity contribution in [2.75, 3.05) is 7.11 Å². The van der Waals surface area contributed by atoms with Gasteiger partial charge in [0.15, 0.2) is 5.76 Å². The van der Waals surface area contributed by atoms with E-state index in [9.17, 15) is 4.79 Å². The number of hydrogen-bond acceptors (Lipinski definition) is 4. The van der Waals surface area contributed by atoms with Crippen molar-refractivity contribution in [1.82, 2.24) is 10.1 Å². The monoisotopic (exact) mass is 390 g/mol. The molecule has 1 aliphatic rings. The lowest BCUT2D eigenvalue weighted by molar-refractivity contribution is 0.0609. The molecule has 0 aliphatic heterocycles. The summed E-state index contributed by atoms with van der Waals surface area (Å²) >= 11 is 0. The zero-order valence-electron chi connectivity index (χ0n) is 16.7. The molecule has 0 N–H and O–H groups in total. The van der Waals surface area contributed by atoms with E-state index in [1.54, 1.807) is 7.11 Å². The van der Waals surface area contributed by atoms with E-state index in [0.29, 0.717) is 12.1 Å². The number of rotatable bonds is 6. The minimum absolute atomic E-state index is 0.0313. The van der Waals surface area contributed by atoms with Crippen LogP contribution in [0.3, 0.4) is 0 Å². The van der Waals surface area contributed by atoms with Gasteiger partial charge in [-0.3, -0.25) is 4.79 Å². The van der Waals surface area contributed by atoms with Crippen LogP contribution in [0.5, 0.6) is 5.75 Å². The molecule has 5 heteroatoms. The summed E-state index contributed by atoms with van der Waals surface area (Å²) < 4.78 is 10.8. The SMILES string of the molecule is COc1ccc(C(=O)N(Cc2cc(-c3ccccc3)on2)C2CCCCC2)cc1. The Morgan fingerprint density at radius 1 is 1.07 bits per heavy atom. The molecule has 0 saturated heterocycles. The Balaban J connectivity index is 1.57. The van der Waals surface area contributed by atoms with Crippen LogP contribution >= 0.6 is 0 Å². The molecule has 29 heavy (non-hydrogen) atoms. The summed E-state index contributed by atoms with van der Waals surface area (Å²) in [6.07, 6.45) is 5.62. The van der Waals surface area contributed by atoms with E-state index in [-0.39, 0.29) is 11.9 Å². The van der Waals surface area contributed by atoms with Gasteiger partial charge in [-0.1, -0.05) is 54.8 Å². The summed E-state index contributed by atoms with van der Waals surface area (Å²) in [7, 11) is 1.63. The molecule has 0 radical (unpaired) electrons. The molecule has 4 rings (SSSR count). The number of hydrogen-bond donors (Lipinski definition) is 0. The minimum atomic E-state index is 0.0313. The maximum absolute atomic E-state index is 13.4. The smallest absolute Gasteiger partial charge is 0.254 e. The molecule has 5 nitrogen and oxygen atoms in total. The Kier molecular flexibility index (Phi) is 5.94. The first kappa shape index (κ1) is 19.2. The first-order valence-electron chi connectivity index (χ1n) is 10.2. The lowest BCUT2D eigenvalue weighted by Gasteiger charge is -2.34. The normalized spacial score (nSPS) is 14.5. The highest BCUT2D eigenvalue weighted by atomic mass is 16.5. The fourth-order valence-electron chi connectivity index (χ4n) is 3.96. The Labute approximate surface area is 171 Å². The summed E-state index contributed by atoms with van der Waals surface area (Å²) in [5.74, 6) is 1.50. The van der Waals surface area contributed by atoms with E-state index in [4.69, 9.17) is 9.26 Å². The van der Waals surface area contributed by atoms with Gasteiger partial charge >= 0.3 is 0 Å². The molecule has 1 fully saturated rings. The fourth-order valence-corrected chi connectivity index (χ4v) is 3.96. The number of amides is 1. The Morgan fingerprint density at radius 3 is 2.48 bits per heavy atom. The minimum Gasteiger partial charge on any atom is -0.497 e. The topological polar surface area (TPSA) is 55.6 Å². The second-order valence-electron chi connectivity index (χ2n) is 7.50. The van der Waals surface area contributed by atoms with Gasteiger partial charge in [-0.15, -0.1) is 0 Å². The van der Waals surface area contributed by atoms with Crippen LogP contribution in [-0.2, 0) is 6.54 Å². The molecular formula is C24H26N2O3. The Hall–Kier alpha value is -3.08. The second-order valence-corrected chi connectivity index (χ2v) is 7.50. The number of benzene rings is 2. The van der Waals surface area contributed by atoms with Crippen LogP contribution in [0.1, 0.15) is 48.2 Å². The quantitative estimate of drug-likeness (QED) is 0.571. The molecule has 0 bridgehead atoms. The lowest BCUT2D eigenvalue weighted by atomic mass is 9.93. The molecule has 0 atom stereocenters. The van der Waals surface area contributed by atoms with Crippen LogP contribution < -0.4 is 4.74 Å². The molecular weight excluding hydrogens is 364 g/mol. The van der Waals surface area contributed by atoms with Crippen molar-refractivity contribution in [3.63, 3.8) is 0 Å². The standard InChI is InChI=1S/C24H26N2O3/c1-28-22-14-12-19(13-15-22)24(27)26(21-10-6-3-7-11-21)17-20-16-23(29-25-20)18-8-4-2-5-9-18/h2,4-5,8-9,12-16,21H,3,6-7,10-11,17H2,1H3. The van der Waals surface area contributed by atoms with Crippen LogP contribution in [-0.4, -0.2) is 29.1 Å². The highest BCUT2D eigenvalue weighted by Gasteiger charge is 2.27. The van der Waals surface area contributed by atoms with Gasteiger partial charge in [0, 0.05) is 23.2 Å². The predicted molar refractivity (Wildman–Crippen MR) is 112 cm³/mol. The maximum Gasteiger partial charge on any atom is 0.254 e. The molecule has 3 aromatic rings. The number of ether oxygens (including phenoxy) is 1. The zero-order valence-corrected chi connectivity index (χ0v) is 16.7. The highest BCUT2D eigenvalue weighted by molar-refractivity contribution is 5.94. The predicted octanol–water partition coefficient (Wildman–Crippen LogP) is 5.33. The van der Waals surface area contributed by atoms with Gasteiger partial charge < -0.3 is 14.2 Å². The maximum atomic E-state index is 13.4. The average molecular weight is 390 g/mol. The van der Waals surface area contributed by atoms with Gasteiger partial charge in [-0.05, 0) is 37.1 Å². The van der Waals surface area contributed by atoms with Crippen LogP contribution in [0.4, 0.5) is 0 Å². The van der Waals surface area contributed by atoms with Crippen molar-refractivity contribution in [2.24, 2.45) is 0 Å². The van der Waals surface area contributed by atoms with E-state index < -0.39 is 0 Å². The third-order valence-electron chi connectivity index (χ3n) is 5.56. The number of aromatic nitrogens is 1. The largest absolute Gasteiger partial charge is 0.497 e.